The zero-order valence-electron chi connectivity index (χ0n) is 13.6. The Kier molecular flexibility index (Phi) is 4.57. The second-order valence-corrected chi connectivity index (χ2v) is 5.42. The highest BCUT2D eigenvalue weighted by atomic mass is 16.6. The Morgan fingerprint density at radius 2 is 2.00 bits per heavy atom. The Labute approximate surface area is 146 Å². The number of hydrogen-bond acceptors (Lipinski definition) is 6. The number of fused-ring (bicyclic) bond motifs is 1. The third-order valence-corrected chi connectivity index (χ3v) is 3.82. The molecule has 0 atom stereocenters. The van der Waals surface area contributed by atoms with Gasteiger partial charge in [0.15, 0.2) is 0 Å². The number of nitro benzene ring substituents is 1. The normalized spacial score (nSPS) is 11.0. The number of amides is 1. The maximum absolute atomic E-state index is 12.3. The van der Waals surface area contributed by atoms with Gasteiger partial charge in [-0.2, -0.15) is 5.10 Å². The number of carbonyl (C=O) groups is 1. The van der Waals surface area contributed by atoms with Crippen molar-refractivity contribution in [1.29, 1.82) is 0 Å². The monoisotopic (exact) mass is 351 g/mol. The lowest BCUT2D eigenvalue weighted by Gasteiger charge is -2.04. The van der Waals surface area contributed by atoms with Gasteiger partial charge < -0.3 is 4.42 Å². The molecule has 0 bridgehead atoms. The Hall–Kier alpha value is -3.81. The van der Waals surface area contributed by atoms with Gasteiger partial charge in [-0.05, 0) is 25.1 Å². The van der Waals surface area contributed by atoms with Crippen LogP contribution in [0.5, 0.6) is 0 Å². The Bertz CT molecular complexity index is 1100. The number of benzene rings is 2. The van der Waals surface area contributed by atoms with E-state index in [1.165, 1.54) is 37.6 Å². The van der Waals surface area contributed by atoms with Crippen molar-refractivity contribution in [3.63, 3.8) is 0 Å². The molecule has 1 aromatic heterocycles. The van der Waals surface area contributed by atoms with Gasteiger partial charge >= 0.3 is 0 Å². The number of carbonyl (C=O) groups excluding carboxylic acids is 1. The second-order valence-electron chi connectivity index (χ2n) is 5.42. The van der Waals surface area contributed by atoms with E-state index in [0.717, 1.165) is 0 Å². The smallest absolute Gasteiger partial charge is 0.273 e. The van der Waals surface area contributed by atoms with Gasteiger partial charge in [0, 0.05) is 11.6 Å². The van der Waals surface area contributed by atoms with Crippen molar-refractivity contribution in [2.24, 2.45) is 5.10 Å². The molecule has 26 heavy (non-hydrogen) atoms. The first-order valence-corrected chi connectivity index (χ1v) is 7.57. The van der Waals surface area contributed by atoms with E-state index < -0.39 is 10.8 Å². The average Bonchev–Trinajstić information content (AvgIpc) is 2.63. The number of nitrogens with one attached hydrogen (secondary N) is 1. The van der Waals surface area contributed by atoms with Gasteiger partial charge in [-0.15, -0.1) is 0 Å². The number of hydrazone groups is 1. The highest BCUT2D eigenvalue weighted by Gasteiger charge is 2.17. The fraction of sp³-hybridized carbons (Fsp3) is 0.0556. The van der Waals surface area contributed by atoms with Crippen molar-refractivity contribution in [3.8, 4) is 0 Å². The fourth-order valence-corrected chi connectivity index (χ4v) is 2.47. The van der Waals surface area contributed by atoms with Gasteiger partial charge in [-0.25, -0.2) is 5.43 Å². The molecule has 0 saturated carbocycles. The summed E-state index contributed by atoms with van der Waals surface area (Å²) in [4.78, 5) is 34.9. The van der Waals surface area contributed by atoms with Crippen LogP contribution in [0.2, 0.25) is 0 Å². The van der Waals surface area contributed by atoms with Crippen LogP contribution in [0.4, 0.5) is 5.69 Å². The van der Waals surface area contributed by atoms with Crippen molar-refractivity contribution in [1.82, 2.24) is 5.43 Å². The molecule has 0 aliphatic carbocycles. The van der Waals surface area contributed by atoms with Crippen LogP contribution in [0.15, 0.2) is 63.0 Å². The fourth-order valence-electron chi connectivity index (χ4n) is 2.47. The molecule has 0 saturated heterocycles. The summed E-state index contributed by atoms with van der Waals surface area (Å²) >= 11 is 0. The molecule has 0 spiro atoms. The van der Waals surface area contributed by atoms with E-state index in [9.17, 15) is 19.7 Å². The molecular formula is C18H13N3O5. The van der Waals surface area contributed by atoms with Crippen LogP contribution in [0.25, 0.3) is 11.0 Å². The van der Waals surface area contributed by atoms with Crippen LogP contribution in [0.3, 0.4) is 0 Å². The van der Waals surface area contributed by atoms with Crippen molar-refractivity contribution in [3.05, 3.63) is 85.8 Å². The van der Waals surface area contributed by atoms with Gasteiger partial charge in [-0.3, -0.25) is 19.7 Å². The molecule has 3 rings (SSSR count). The highest BCUT2D eigenvalue weighted by molar-refractivity contribution is 5.97. The van der Waals surface area contributed by atoms with E-state index in [1.54, 1.807) is 24.3 Å². The van der Waals surface area contributed by atoms with Gasteiger partial charge in [0.2, 0.25) is 5.43 Å². The molecule has 0 aliphatic heterocycles. The van der Waals surface area contributed by atoms with Crippen LogP contribution in [-0.2, 0) is 0 Å². The number of hydrogen-bond donors (Lipinski definition) is 1. The molecule has 1 amide bonds. The van der Waals surface area contributed by atoms with Crippen molar-refractivity contribution < 1.29 is 14.1 Å². The summed E-state index contributed by atoms with van der Waals surface area (Å²) < 4.78 is 5.35. The summed E-state index contributed by atoms with van der Waals surface area (Å²) in [6.45, 7) is 1.48. The lowest BCUT2D eigenvalue weighted by atomic mass is 10.1. The minimum absolute atomic E-state index is 0.127. The summed E-state index contributed by atoms with van der Waals surface area (Å²) in [5.41, 5.74) is 2.80. The largest absolute Gasteiger partial charge is 0.463 e. The Morgan fingerprint density at radius 1 is 1.23 bits per heavy atom. The summed E-state index contributed by atoms with van der Waals surface area (Å²) in [6, 6.07) is 11.0. The molecule has 0 radical (unpaired) electrons. The van der Waals surface area contributed by atoms with E-state index in [4.69, 9.17) is 4.42 Å². The molecule has 3 aromatic rings. The standard InChI is InChI=1S/C18H13N3O5/c1-11-13(6-4-7-15(11)21(24)25)18(23)20-19-9-12-10-26-16-8-3-2-5-14(16)17(12)22/h2-10H,1H3,(H,20,23)/b19-9-. The molecule has 0 fully saturated rings. The number of rotatable bonds is 4. The van der Waals surface area contributed by atoms with E-state index in [2.05, 4.69) is 10.5 Å². The molecule has 1 N–H and O–H groups in total. The van der Waals surface area contributed by atoms with E-state index >= 15 is 0 Å². The van der Waals surface area contributed by atoms with Gasteiger partial charge in [0.25, 0.3) is 11.6 Å². The quantitative estimate of drug-likeness (QED) is 0.441. The predicted octanol–water partition coefficient (Wildman–Crippen LogP) is 2.77. The third kappa shape index (κ3) is 3.20. The van der Waals surface area contributed by atoms with Gasteiger partial charge in [0.05, 0.1) is 27.7 Å². The van der Waals surface area contributed by atoms with E-state index in [0.29, 0.717) is 11.0 Å². The molecule has 130 valence electrons. The number of nitro groups is 1. The minimum Gasteiger partial charge on any atom is -0.463 e. The lowest BCUT2D eigenvalue weighted by Crippen LogP contribution is -2.20. The van der Waals surface area contributed by atoms with Crippen LogP contribution < -0.4 is 10.9 Å². The maximum atomic E-state index is 12.3. The van der Waals surface area contributed by atoms with Crippen molar-refractivity contribution in [2.75, 3.05) is 0 Å². The molecule has 0 unspecified atom stereocenters. The Balaban J connectivity index is 1.82. The molecular weight excluding hydrogens is 338 g/mol. The molecule has 0 aliphatic rings. The molecule has 1 heterocycles. The maximum Gasteiger partial charge on any atom is 0.273 e. The molecule has 8 heteroatoms. The van der Waals surface area contributed by atoms with Gasteiger partial charge in [-0.1, -0.05) is 18.2 Å². The summed E-state index contributed by atoms with van der Waals surface area (Å²) in [7, 11) is 0. The number of para-hydroxylation sites is 1. The van der Waals surface area contributed by atoms with Crippen LogP contribution in [0.1, 0.15) is 21.5 Å². The summed E-state index contributed by atoms with van der Waals surface area (Å²) in [5.74, 6) is -0.618. The first-order valence-electron chi connectivity index (χ1n) is 7.57. The lowest BCUT2D eigenvalue weighted by molar-refractivity contribution is -0.385. The van der Waals surface area contributed by atoms with Crippen LogP contribution >= 0.6 is 0 Å². The summed E-state index contributed by atoms with van der Waals surface area (Å²) in [5, 5.41) is 15.1. The predicted molar refractivity (Wildman–Crippen MR) is 95.4 cm³/mol. The summed E-state index contributed by atoms with van der Waals surface area (Å²) in [6.07, 6.45) is 2.42. The highest BCUT2D eigenvalue weighted by Crippen LogP contribution is 2.20. The van der Waals surface area contributed by atoms with Crippen molar-refractivity contribution >= 4 is 28.8 Å². The SMILES string of the molecule is Cc1c(C(=O)N/N=C\c2coc3ccccc3c2=O)cccc1[N+](=O)[O-]. The van der Waals surface area contributed by atoms with E-state index in [-0.39, 0.29) is 27.8 Å². The zero-order valence-corrected chi connectivity index (χ0v) is 13.6. The Morgan fingerprint density at radius 3 is 2.77 bits per heavy atom. The van der Waals surface area contributed by atoms with Crippen molar-refractivity contribution in [2.45, 2.75) is 6.92 Å². The minimum atomic E-state index is -0.618. The number of nitrogens with zero attached hydrogens (tertiary/aromatic N) is 2. The first-order chi connectivity index (χ1) is 12.5. The zero-order chi connectivity index (χ0) is 18.7. The van der Waals surface area contributed by atoms with Gasteiger partial charge in [0.1, 0.15) is 11.8 Å². The average molecular weight is 351 g/mol. The van der Waals surface area contributed by atoms with Crippen LogP contribution in [-0.4, -0.2) is 17.0 Å². The van der Waals surface area contributed by atoms with E-state index in [1.807, 2.05) is 0 Å². The van der Waals surface area contributed by atoms with Crippen LogP contribution in [0, 0.1) is 17.0 Å². The topological polar surface area (TPSA) is 115 Å². The third-order valence-electron chi connectivity index (χ3n) is 3.82. The molecule has 8 nitrogen and oxygen atoms in total. The second kappa shape index (κ2) is 6.98. The first kappa shape index (κ1) is 17.0. The molecule has 2 aromatic carbocycles.